The predicted molar refractivity (Wildman–Crippen MR) is 101 cm³/mol. The van der Waals surface area contributed by atoms with E-state index in [4.69, 9.17) is 14.2 Å². The summed E-state index contributed by atoms with van der Waals surface area (Å²) in [6.07, 6.45) is 4.67. The van der Waals surface area contributed by atoms with Gasteiger partial charge >= 0.3 is 5.97 Å². The van der Waals surface area contributed by atoms with Gasteiger partial charge in [-0.2, -0.15) is 0 Å². The second-order valence-electron chi connectivity index (χ2n) is 9.66. The number of esters is 1. The molecule has 0 amide bonds. The Kier molecular flexibility index (Phi) is 7.14. The molecule has 1 aliphatic carbocycles. The van der Waals surface area contributed by atoms with Crippen molar-refractivity contribution in [3.63, 3.8) is 0 Å². The van der Waals surface area contributed by atoms with Crippen LogP contribution in [-0.2, 0) is 19.0 Å². The van der Waals surface area contributed by atoms with E-state index in [-0.39, 0.29) is 24.0 Å². The van der Waals surface area contributed by atoms with Crippen LogP contribution in [0.2, 0.25) is 0 Å². The Bertz CT molecular complexity index is 466. The highest BCUT2D eigenvalue weighted by Gasteiger charge is 2.51. The van der Waals surface area contributed by atoms with Crippen molar-refractivity contribution in [2.45, 2.75) is 117 Å². The van der Waals surface area contributed by atoms with E-state index in [1.54, 1.807) is 0 Å². The third-order valence-electron chi connectivity index (χ3n) is 5.34. The Morgan fingerprint density at radius 3 is 2.46 bits per heavy atom. The minimum atomic E-state index is -0.699. The maximum atomic E-state index is 11.2. The molecule has 26 heavy (non-hydrogen) atoms. The Hall–Kier alpha value is -0.650. The standard InChI is InChI=1S/C21H38O5/c1-7-18(24-15(3)22)17(23)11-16-13-21(8-9-21)26-19(25-16)10-14(2)12-20(4,5)6/h14,16-19,23H,7-13H2,1-6H3. The van der Waals surface area contributed by atoms with Gasteiger partial charge in [-0.25, -0.2) is 0 Å². The summed E-state index contributed by atoms with van der Waals surface area (Å²) in [7, 11) is 0. The van der Waals surface area contributed by atoms with Crippen LogP contribution in [0.15, 0.2) is 0 Å². The van der Waals surface area contributed by atoms with Crippen LogP contribution in [0.4, 0.5) is 0 Å². The molecule has 0 aromatic rings. The van der Waals surface area contributed by atoms with Crippen molar-refractivity contribution in [3.05, 3.63) is 0 Å². The molecule has 1 saturated heterocycles. The van der Waals surface area contributed by atoms with Crippen molar-refractivity contribution in [3.8, 4) is 0 Å². The van der Waals surface area contributed by atoms with Gasteiger partial charge in [0.25, 0.3) is 0 Å². The number of ether oxygens (including phenoxy) is 3. The van der Waals surface area contributed by atoms with Crippen LogP contribution in [-0.4, -0.2) is 41.3 Å². The average molecular weight is 371 g/mol. The highest BCUT2D eigenvalue weighted by molar-refractivity contribution is 5.66. The zero-order valence-corrected chi connectivity index (χ0v) is 17.4. The first-order chi connectivity index (χ1) is 12.0. The van der Waals surface area contributed by atoms with Crippen LogP contribution in [0.1, 0.15) is 86.5 Å². The lowest BCUT2D eigenvalue weighted by Gasteiger charge is -2.39. The highest BCUT2D eigenvalue weighted by atomic mass is 16.7. The van der Waals surface area contributed by atoms with Gasteiger partial charge in [-0.3, -0.25) is 4.79 Å². The van der Waals surface area contributed by atoms with Gasteiger partial charge in [-0.1, -0.05) is 34.6 Å². The van der Waals surface area contributed by atoms with Crippen molar-refractivity contribution in [2.75, 3.05) is 0 Å². The molecule has 0 radical (unpaired) electrons. The summed E-state index contributed by atoms with van der Waals surface area (Å²) in [5.74, 6) is 0.167. The molecule has 2 rings (SSSR count). The molecule has 0 aromatic heterocycles. The van der Waals surface area contributed by atoms with E-state index in [1.165, 1.54) is 6.92 Å². The van der Waals surface area contributed by atoms with Gasteiger partial charge in [0, 0.05) is 26.2 Å². The number of rotatable bonds is 8. The minimum absolute atomic E-state index is 0.0437. The first-order valence-corrected chi connectivity index (χ1v) is 10.2. The lowest BCUT2D eigenvalue weighted by atomic mass is 9.84. The van der Waals surface area contributed by atoms with Crippen molar-refractivity contribution in [1.82, 2.24) is 0 Å². The molecule has 0 bridgehead atoms. The molecule has 5 atom stereocenters. The maximum absolute atomic E-state index is 11.2. The van der Waals surface area contributed by atoms with Gasteiger partial charge in [0.15, 0.2) is 6.29 Å². The van der Waals surface area contributed by atoms with Gasteiger partial charge in [-0.15, -0.1) is 0 Å². The van der Waals surface area contributed by atoms with E-state index in [0.29, 0.717) is 24.2 Å². The van der Waals surface area contributed by atoms with Gasteiger partial charge in [0.2, 0.25) is 0 Å². The third-order valence-corrected chi connectivity index (χ3v) is 5.34. The molecule has 5 nitrogen and oxygen atoms in total. The van der Waals surface area contributed by atoms with Crippen LogP contribution in [0.3, 0.4) is 0 Å². The topological polar surface area (TPSA) is 65.0 Å². The average Bonchev–Trinajstić information content (AvgIpc) is 3.20. The number of carbonyl (C=O) groups excluding carboxylic acids is 1. The van der Waals surface area contributed by atoms with Crippen LogP contribution in [0.25, 0.3) is 0 Å². The zero-order valence-electron chi connectivity index (χ0n) is 17.4. The van der Waals surface area contributed by atoms with Crippen LogP contribution >= 0.6 is 0 Å². The van der Waals surface area contributed by atoms with E-state index in [0.717, 1.165) is 32.1 Å². The molecular formula is C21H38O5. The van der Waals surface area contributed by atoms with Gasteiger partial charge in [-0.05, 0) is 37.0 Å². The highest BCUT2D eigenvalue weighted by Crippen LogP contribution is 2.49. The number of aliphatic hydroxyl groups is 1. The van der Waals surface area contributed by atoms with Gasteiger partial charge < -0.3 is 19.3 Å². The Morgan fingerprint density at radius 2 is 1.96 bits per heavy atom. The zero-order chi connectivity index (χ0) is 19.5. The number of aliphatic hydroxyl groups excluding tert-OH is 1. The fourth-order valence-corrected chi connectivity index (χ4v) is 4.26. The first kappa shape index (κ1) is 21.6. The number of hydrogen-bond acceptors (Lipinski definition) is 5. The quantitative estimate of drug-likeness (QED) is 0.649. The Morgan fingerprint density at radius 1 is 1.31 bits per heavy atom. The molecule has 1 aliphatic heterocycles. The second-order valence-corrected chi connectivity index (χ2v) is 9.66. The summed E-state index contributed by atoms with van der Waals surface area (Å²) in [6, 6.07) is 0. The number of carbonyl (C=O) groups is 1. The predicted octanol–water partition coefficient (Wildman–Crippen LogP) is 4.21. The molecular weight excluding hydrogens is 332 g/mol. The lowest BCUT2D eigenvalue weighted by Crippen LogP contribution is -2.43. The van der Waals surface area contributed by atoms with Crippen molar-refractivity contribution < 1.29 is 24.1 Å². The third kappa shape index (κ3) is 6.82. The summed E-state index contributed by atoms with van der Waals surface area (Å²) in [5.41, 5.74) is 0.247. The molecule has 1 N–H and O–H groups in total. The van der Waals surface area contributed by atoms with E-state index < -0.39 is 12.2 Å². The fraction of sp³-hybridized carbons (Fsp3) is 0.952. The van der Waals surface area contributed by atoms with Gasteiger partial charge in [0.05, 0.1) is 17.8 Å². The van der Waals surface area contributed by atoms with Gasteiger partial charge in [0.1, 0.15) is 6.10 Å². The largest absolute Gasteiger partial charge is 0.460 e. The summed E-state index contributed by atoms with van der Waals surface area (Å²) < 4.78 is 17.7. The molecule has 2 aliphatic rings. The first-order valence-electron chi connectivity index (χ1n) is 10.2. The summed E-state index contributed by atoms with van der Waals surface area (Å²) in [4.78, 5) is 11.2. The van der Waals surface area contributed by atoms with Crippen molar-refractivity contribution >= 4 is 5.97 Å². The summed E-state index contributed by atoms with van der Waals surface area (Å²) in [6.45, 7) is 12.3. The molecule has 5 heteroatoms. The van der Waals surface area contributed by atoms with E-state index in [2.05, 4.69) is 27.7 Å². The summed E-state index contributed by atoms with van der Waals surface area (Å²) >= 11 is 0. The molecule has 2 fully saturated rings. The molecule has 1 saturated carbocycles. The fourth-order valence-electron chi connectivity index (χ4n) is 4.26. The number of hydrogen-bond donors (Lipinski definition) is 1. The van der Waals surface area contributed by atoms with E-state index in [1.807, 2.05) is 6.92 Å². The van der Waals surface area contributed by atoms with Crippen molar-refractivity contribution in [1.29, 1.82) is 0 Å². The Balaban J connectivity index is 1.91. The molecule has 1 heterocycles. The van der Waals surface area contributed by atoms with Crippen molar-refractivity contribution in [2.24, 2.45) is 11.3 Å². The normalized spacial score (nSPS) is 28.4. The maximum Gasteiger partial charge on any atom is 0.302 e. The second kappa shape index (κ2) is 8.57. The monoisotopic (exact) mass is 370 g/mol. The van der Waals surface area contributed by atoms with E-state index >= 15 is 0 Å². The minimum Gasteiger partial charge on any atom is -0.460 e. The Labute approximate surface area is 158 Å². The molecule has 0 aromatic carbocycles. The molecule has 1 spiro atoms. The van der Waals surface area contributed by atoms with E-state index in [9.17, 15) is 9.90 Å². The SMILES string of the molecule is CCC(OC(C)=O)C(O)CC1CC2(CC2)OC(CC(C)CC(C)(C)C)O1. The molecule has 5 unspecified atom stereocenters. The van der Waals surface area contributed by atoms with Crippen LogP contribution in [0, 0.1) is 11.3 Å². The summed E-state index contributed by atoms with van der Waals surface area (Å²) in [5, 5.41) is 10.5. The lowest BCUT2D eigenvalue weighted by molar-refractivity contribution is -0.264. The molecule has 152 valence electrons. The van der Waals surface area contributed by atoms with Crippen LogP contribution in [0.5, 0.6) is 0 Å². The smallest absolute Gasteiger partial charge is 0.302 e. The van der Waals surface area contributed by atoms with Crippen LogP contribution < -0.4 is 0 Å².